The molecule has 10 heavy (non-hydrogen) atoms. The molecule has 0 heterocycles. The Kier molecular flexibility index (Phi) is 2.39. The monoisotopic (exact) mass is 174 g/mol. The van der Waals surface area contributed by atoms with Crippen molar-refractivity contribution < 1.29 is 4.39 Å². The fraction of sp³-hybridized carbons (Fsp3) is 0.143. The van der Waals surface area contributed by atoms with E-state index in [-0.39, 0.29) is 5.82 Å². The summed E-state index contributed by atoms with van der Waals surface area (Å²) >= 11 is 0. The van der Waals surface area contributed by atoms with Gasteiger partial charge in [-0.15, -0.1) is 18.5 Å². The molecular formula is C7H9FP2. The summed E-state index contributed by atoms with van der Waals surface area (Å²) in [4.78, 5) is 0. The van der Waals surface area contributed by atoms with Crippen LogP contribution < -0.4 is 10.6 Å². The SMILES string of the molecule is Cc1cc(F)cc(P)c1P. The van der Waals surface area contributed by atoms with Gasteiger partial charge in [-0.2, -0.15) is 0 Å². The van der Waals surface area contributed by atoms with E-state index in [2.05, 4.69) is 18.5 Å². The molecule has 0 saturated carbocycles. The third-order valence-corrected chi connectivity index (χ3v) is 2.98. The van der Waals surface area contributed by atoms with Gasteiger partial charge in [-0.05, 0) is 35.2 Å². The van der Waals surface area contributed by atoms with Crippen molar-refractivity contribution in [2.75, 3.05) is 0 Å². The smallest absolute Gasteiger partial charge is 0.124 e. The normalized spacial score (nSPS) is 10.0. The highest BCUT2D eigenvalue weighted by atomic mass is 31.0. The van der Waals surface area contributed by atoms with Gasteiger partial charge in [-0.1, -0.05) is 0 Å². The summed E-state index contributed by atoms with van der Waals surface area (Å²) in [6.45, 7) is 1.89. The minimum absolute atomic E-state index is 0.172. The number of rotatable bonds is 0. The first-order chi connectivity index (χ1) is 4.61. The third kappa shape index (κ3) is 1.54. The van der Waals surface area contributed by atoms with E-state index in [0.29, 0.717) is 0 Å². The van der Waals surface area contributed by atoms with Crippen molar-refractivity contribution in [3.8, 4) is 0 Å². The van der Waals surface area contributed by atoms with Crippen molar-refractivity contribution >= 4 is 29.1 Å². The maximum Gasteiger partial charge on any atom is 0.124 e. The predicted molar refractivity (Wildman–Crippen MR) is 49.8 cm³/mol. The van der Waals surface area contributed by atoms with Gasteiger partial charge in [0.05, 0.1) is 0 Å². The van der Waals surface area contributed by atoms with Crippen molar-refractivity contribution in [1.82, 2.24) is 0 Å². The van der Waals surface area contributed by atoms with Gasteiger partial charge < -0.3 is 0 Å². The van der Waals surface area contributed by atoms with Crippen LogP contribution in [0.3, 0.4) is 0 Å². The second-order valence-corrected chi connectivity index (χ2v) is 3.42. The standard InChI is InChI=1S/C7H9FP2/c1-4-2-5(8)3-6(9)7(4)10/h2-3H,9-10H2,1H3. The van der Waals surface area contributed by atoms with Gasteiger partial charge in [0.25, 0.3) is 0 Å². The number of aryl methyl sites for hydroxylation is 1. The van der Waals surface area contributed by atoms with Crippen LogP contribution in [0.25, 0.3) is 0 Å². The second kappa shape index (κ2) is 2.95. The topological polar surface area (TPSA) is 0 Å². The van der Waals surface area contributed by atoms with Gasteiger partial charge >= 0.3 is 0 Å². The lowest BCUT2D eigenvalue weighted by Crippen LogP contribution is -2.14. The van der Waals surface area contributed by atoms with Crippen LogP contribution in [0.2, 0.25) is 0 Å². The molecule has 2 atom stereocenters. The Bertz CT molecular complexity index is 235. The quantitative estimate of drug-likeness (QED) is 0.517. The lowest BCUT2D eigenvalue weighted by atomic mass is 10.2. The van der Waals surface area contributed by atoms with E-state index in [1.807, 2.05) is 6.92 Å². The molecule has 1 aromatic carbocycles. The number of hydrogen-bond acceptors (Lipinski definition) is 0. The fourth-order valence-electron chi connectivity index (χ4n) is 0.780. The van der Waals surface area contributed by atoms with E-state index in [1.165, 1.54) is 12.1 Å². The second-order valence-electron chi connectivity index (χ2n) is 2.23. The minimum atomic E-state index is -0.172. The average molecular weight is 174 g/mol. The zero-order valence-corrected chi connectivity index (χ0v) is 8.00. The summed E-state index contributed by atoms with van der Waals surface area (Å²) < 4.78 is 12.6. The van der Waals surface area contributed by atoms with Crippen LogP contribution >= 0.6 is 18.5 Å². The van der Waals surface area contributed by atoms with Crippen LogP contribution in [0.15, 0.2) is 12.1 Å². The molecule has 0 amide bonds. The zero-order valence-electron chi connectivity index (χ0n) is 5.69. The van der Waals surface area contributed by atoms with E-state index < -0.39 is 0 Å². The Hall–Kier alpha value is 0.01000. The average Bonchev–Trinajstić information content (AvgIpc) is 1.82. The van der Waals surface area contributed by atoms with E-state index in [1.54, 1.807) is 0 Å². The molecule has 0 nitrogen and oxygen atoms in total. The lowest BCUT2D eigenvalue weighted by Gasteiger charge is -2.02. The molecule has 0 aromatic heterocycles. The Balaban J connectivity index is 3.31. The van der Waals surface area contributed by atoms with E-state index in [0.717, 1.165) is 16.2 Å². The van der Waals surface area contributed by atoms with E-state index in [4.69, 9.17) is 0 Å². The molecule has 0 spiro atoms. The van der Waals surface area contributed by atoms with Crippen molar-refractivity contribution in [3.05, 3.63) is 23.5 Å². The Morgan fingerprint density at radius 1 is 1.30 bits per heavy atom. The van der Waals surface area contributed by atoms with Crippen molar-refractivity contribution in [2.45, 2.75) is 6.92 Å². The molecule has 3 heteroatoms. The number of halogens is 1. The van der Waals surface area contributed by atoms with Crippen LogP contribution in [0, 0.1) is 12.7 Å². The summed E-state index contributed by atoms with van der Waals surface area (Å²) in [6, 6.07) is 3.02. The molecule has 54 valence electrons. The van der Waals surface area contributed by atoms with E-state index >= 15 is 0 Å². The molecular weight excluding hydrogens is 165 g/mol. The predicted octanol–water partition coefficient (Wildman–Crippen LogP) is 1.13. The molecule has 0 N–H and O–H groups in total. The van der Waals surface area contributed by atoms with Crippen LogP contribution in [0.5, 0.6) is 0 Å². The molecule has 0 radical (unpaired) electrons. The van der Waals surface area contributed by atoms with Crippen LogP contribution in [0.4, 0.5) is 4.39 Å². The Morgan fingerprint density at radius 3 is 2.40 bits per heavy atom. The first-order valence-electron chi connectivity index (χ1n) is 2.92. The largest absolute Gasteiger partial charge is 0.207 e. The molecule has 1 aromatic rings. The third-order valence-electron chi connectivity index (χ3n) is 1.38. The molecule has 2 unspecified atom stereocenters. The highest BCUT2D eigenvalue weighted by molar-refractivity contribution is 7.36. The summed E-state index contributed by atoms with van der Waals surface area (Å²) in [7, 11) is 5.07. The molecule has 0 fully saturated rings. The highest BCUT2D eigenvalue weighted by Gasteiger charge is 1.98. The van der Waals surface area contributed by atoms with Gasteiger partial charge in [0, 0.05) is 0 Å². The Morgan fingerprint density at radius 2 is 1.90 bits per heavy atom. The molecule has 1 rings (SSSR count). The first kappa shape index (κ1) is 8.11. The van der Waals surface area contributed by atoms with Gasteiger partial charge in [-0.25, -0.2) is 4.39 Å². The minimum Gasteiger partial charge on any atom is -0.207 e. The Labute approximate surface area is 64.6 Å². The van der Waals surface area contributed by atoms with Gasteiger partial charge in [-0.3, -0.25) is 0 Å². The highest BCUT2D eigenvalue weighted by Crippen LogP contribution is 2.03. The first-order valence-corrected chi connectivity index (χ1v) is 4.08. The molecule has 0 saturated heterocycles. The molecule has 0 aliphatic heterocycles. The zero-order chi connectivity index (χ0) is 7.72. The molecule has 0 bridgehead atoms. The van der Waals surface area contributed by atoms with Crippen LogP contribution in [0.1, 0.15) is 5.56 Å². The summed E-state index contributed by atoms with van der Waals surface area (Å²) in [6.07, 6.45) is 0. The maximum absolute atomic E-state index is 12.6. The molecule has 0 aliphatic carbocycles. The lowest BCUT2D eigenvalue weighted by molar-refractivity contribution is 0.628. The summed E-state index contributed by atoms with van der Waals surface area (Å²) in [5, 5.41) is 1.97. The summed E-state index contributed by atoms with van der Waals surface area (Å²) in [5.41, 5.74) is 0.968. The van der Waals surface area contributed by atoms with Crippen LogP contribution in [-0.2, 0) is 0 Å². The van der Waals surface area contributed by atoms with E-state index in [9.17, 15) is 4.39 Å². The van der Waals surface area contributed by atoms with Gasteiger partial charge in [0.2, 0.25) is 0 Å². The van der Waals surface area contributed by atoms with Crippen LogP contribution in [-0.4, -0.2) is 0 Å². The van der Waals surface area contributed by atoms with Crippen molar-refractivity contribution in [3.63, 3.8) is 0 Å². The van der Waals surface area contributed by atoms with Gasteiger partial charge in [0.1, 0.15) is 5.82 Å². The number of hydrogen-bond donors (Lipinski definition) is 0. The molecule has 0 aliphatic rings. The van der Waals surface area contributed by atoms with Crippen molar-refractivity contribution in [1.29, 1.82) is 0 Å². The number of benzene rings is 1. The fourth-order valence-corrected chi connectivity index (χ4v) is 1.33. The van der Waals surface area contributed by atoms with Gasteiger partial charge in [0.15, 0.2) is 0 Å². The summed E-state index contributed by atoms with van der Waals surface area (Å²) in [5.74, 6) is -0.172. The maximum atomic E-state index is 12.6. The van der Waals surface area contributed by atoms with Crippen molar-refractivity contribution in [2.24, 2.45) is 0 Å².